The highest BCUT2D eigenvalue weighted by Crippen LogP contribution is 2.22. The van der Waals surface area contributed by atoms with Crippen LogP contribution in [0.4, 0.5) is 0 Å². The lowest BCUT2D eigenvalue weighted by molar-refractivity contribution is -0.295. The summed E-state index contributed by atoms with van der Waals surface area (Å²) in [5.41, 5.74) is 0.398. The summed E-state index contributed by atoms with van der Waals surface area (Å²) in [4.78, 5) is 23.2. The number of benzene rings is 1. The molecule has 9 heteroatoms. The molecule has 162 valence electrons. The highest BCUT2D eigenvalue weighted by Gasteiger charge is 2.44. The predicted octanol–water partition coefficient (Wildman–Crippen LogP) is 0.00850. The number of unbranched alkanes of at least 4 members (excludes halogenated alkanes) is 1. The molecule has 2 rings (SSSR count). The first-order valence-corrected chi connectivity index (χ1v) is 9.56. The van der Waals surface area contributed by atoms with Crippen LogP contribution in [0.25, 0.3) is 0 Å². The largest absolute Gasteiger partial charge is 0.497 e. The molecule has 1 aliphatic rings. The number of methoxy groups -OCH3 is 1. The molecule has 1 fully saturated rings. The fourth-order valence-corrected chi connectivity index (χ4v) is 2.94. The highest BCUT2D eigenvalue weighted by molar-refractivity contribution is 5.94. The lowest BCUT2D eigenvalue weighted by atomic mass is 9.98. The van der Waals surface area contributed by atoms with Crippen LogP contribution in [0.5, 0.6) is 5.75 Å². The van der Waals surface area contributed by atoms with E-state index in [-0.39, 0.29) is 24.8 Å². The second-order valence-corrected chi connectivity index (χ2v) is 6.98. The van der Waals surface area contributed by atoms with Crippen LogP contribution in [0.1, 0.15) is 36.5 Å². The van der Waals surface area contributed by atoms with Crippen LogP contribution in [-0.2, 0) is 14.3 Å². The number of Topliss-reactive ketones (excluding diaryl/α,β-unsaturated/α-hetero) is 1. The third kappa shape index (κ3) is 6.76. The third-order valence-electron chi connectivity index (χ3n) is 4.69. The summed E-state index contributed by atoms with van der Waals surface area (Å²) in [6.07, 6.45) is -4.72. The second kappa shape index (κ2) is 11.2. The van der Waals surface area contributed by atoms with Gasteiger partial charge in [-0.2, -0.15) is 0 Å². The molecule has 1 heterocycles. The Hall–Kier alpha value is -2.04. The van der Waals surface area contributed by atoms with Gasteiger partial charge in [-0.15, -0.1) is 0 Å². The Morgan fingerprint density at radius 3 is 2.38 bits per heavy atom. The molecule has 29 heavy (non-hydrogen) atoms. The molecule has 0 aliphatic carbocycles. The number of carbonyl (C=O) groups excluding carboxylic acids is 2. The number of carbonyl (C=O) groups is 2. The fraction of sp³-hybridized carbons (Fsp3) is 0.600. The zero-order valence-electron chi connectivity index (χ0n) is 16.6. The van der Waals surface area contributed by atoms with E-state index in [4.69, 9.17) is 14.2 Å². The molecular weight excluding hydrogens is 382 g/mol. The zero-order valence-corrected chi connectivity index (χ0v) is 16.6. The predicted molar refractivity (Wildman–Crippen MR) is 102 cm³/mol. The van der Waals surface area contributed by atoms with Crippen molar-refractivity contribution >= 4 is 11.7 Å². The van der Waals surface area contributed by atoms with E-state index >= 15 is 0 Å². The van der Waals surface area contributed by atoms with Crippen molar-refractivity contribution in [2.75, 3.05) is 20.3 Å². The number of aliphatic hydroxyl groups excluding tert-OH is 3. The molecular formula is C20H29NO8. The van der Waals surface area contributed by atoms with E-state index in [1.54, 1.807) is 24.3 Å². The van der Waals surface area contributed by atoms with E-state index < -0.39 is 30.7 Å². The maximum absolute atomic E-state index is 12.3. The van der Waals surface area contributed by atoms with Gasteiger partial charge in [0.15, 0.2) is 6.29 Å². The topological polar surface area (TPSA) is 135 Å². The van der Waals surface area contributed by atoms with Crippen molar-refractivity contribution in [2.24, 2.45) is 0 Å². The van der Waals surface area contributed by atoms with E-state index in [2.05, 4.69) is 5.32 Å². The summed E-state index contributed by atoms with van der Waals surface area (Å²) in [5, 5.41) is 32.9. The summed E-state index contributed by atoms with van der Waals surface area (Å²) in [7, 11) is 1.53. The Labute approximate surface area is 169 Å². The van der Waals surface area contributed by atoms with E-state index in [1.165, 1.54) is 14.0 Å². The number of aliphatic hydroxyl groups is 3. The van der Waals surface area contributed by atoms with Gasteiger partial charge in [0, 0.05) is 25.1 Å². The van der Waals surface area contributed by atoms with Crippen molar-refractivity contribution in [1.82, 2.24) is 5.32 Å². The zero-order chi connectivity index (χ0) is 21.4. The monoisotopic (exact) mass is 411 g/mol. The number of nitrogens with one attached hydrogen (secondary N) is 1. The SMILES string of the molecule is COc1ccc(C(=O)NCC2O[C@@H](OCCCCC(C)=O)C(O)[C@@H](O)[C@@H]2O)cc1. The summed E-state index contributed by atoms with van der Waals surface area (Å²) in [6, 6.07) is 6.49. The van der Waals surface area contributed by atoms with Crippen LogP contribution < -0.4 is 10.1 Å². The van der Waals surface area contributed by atoms with Crippen LogP contribution in [-0.4, -0.2) is 78.0 Å². The third-order valence-corrected chi connectivity index (χ3v) is 4.69. The Balaban J connectivity index is 1.86. The molecule has 0 spiro atoms. The maximum Gasteiger partial charge on any atom is 0.251 e. The summed E-state index contributed by atoms with van der Waals surface area (Å²) >= 11 is 0. The smallest absolute Gasteiger partial charge is 0.251 e. The summed E-state index contributed by atoms with van der Waals surface area (Å²) in [6.45, 7) is 1.65. The number of ether oxygens (including phenoxy) is 3. The molecule has 1 amide bonds. The van der Waals surface area contributed by atoms with Crippen LogP contribution in [0, 0.1) is 0 Å². The molecule has 2 unspecified atom stereocenters. The average molecular weight is 411 g/mol. The molecule has 0 saturated carbocycles. The molecule has 1 aromatic rings. The molecule has 5 atom stereocenters. The van der Waals surface area contributed by atoms with E-state index in [0.717, 1.165) is 0 Å². The minimum atomic E-state index is -1.48. The van der Waals surface area contributed by atoms with E-state index in [0.29, 0.717) is 30.6 Å². The van der Waals surface area contributed by atoms with Crippen molar-refractivity contribution in [3.05, 3.63) is 29.8 Å². The first-order valence-electron chi connectivity index (χ1n) is 9.56. The van der Waals surface area contributed by atoms with Gasteiger partial charge >= 0.3 is 0 Å². The Kier molecular flexibility index (Phi) is 8.99. The van der Waals surface area contributed by atoms with Crippen LogP contribution >= 0.6 is 0 Å². The van der Waals surface area contributed by atoms with Crippen molar-refractivity contribution in [1.29, 1.82) is 0 Å². The van der Waals surface area contributed by atoms with E-state index in [1.807, 2.05) is 0 Å². The first kappa shape index (κ1) is 23.2. The highest BCUT2D eigenvalue weighted by atomic mass is 16.7. The molecule has 1 aromatic carbocycles. The van der Waals surface area contributed by atoms with E-state index in [9.17, 15) is 24.9 Å². The molecule has 4 N–H and O–H groups in total. The quantitative estimate of drug-likeness (QED) is 0.396. The van der Waals surface area contributed by atoms with Gasteiger partial charge in [0.25, 0.3) is 5.91 Å². The van der Waals surface area contributed by atoms with Gasteiger partial charge in [-0.1, -0.05) is 0 Å². The normalized spacial score (nSPS) is 26.7. The van der Waals surface area contributed by atoms with Crippen molar-refractivity contribution in [2.45, 2.75) is 56.9 Å². The maximum atomic E-state index is 12.3. The minimum Gasteiger partial charge on any atom is -0.497 e. The Bertz CT molecular complexity index is 665. The minimum absolute atomic E-state index is 0.0833. The van der Waals surface area contributed by atoms with Crippen LogP contribution in [0.15, 0.2) is 24.3 Å². The molecule has 0 aromatic heterocycles. The lowest BCUT2D eigenvalue weighted by Crippen LogP contribution is -2.60. The Morgan fingerprint density at radius 2 is 1.76 bits per heavy atom. The van der Waals surface area contributed by atoms with Gasteiger partial charge in [0.2, 0.25) is 0 Å². The number of rotatable bonds is 10. The van der Waals surface area contributed by atoms with Crippen molar-refractivity contribution < 1.29 is 39.1 Å². The Morgan fingerprint density at radius 1 is 1.07 bits per heavy atom. The van der Waals surface area contributed by atoms with Gasteiger partial charge in [-0.3, -0.25) is 4.79 Å². The molecule has 9 nitrogen and oxygen atoms in total. The van der Waals surface area contributed by atoms with Gasteiger partial charge < -0.3 is 39.6 Å². The van der Waals surface area contributed by atoms with Crippen LogP contribution in [0.3, 0.4) is 0 Å². The van der Waals surface area contributed by atoms with Crippen molar-refractivity contribution in [3.8, 4) is 5.75 Å². The van der Waals surface area contributed by atoms with Crippen LogP contribution in [0.2, 0.25) is 0 Å². The number of amides is 1. The number of ketones is 1. The average Bonchev–Trinajstić information content (AvgIpc) is 2.72. The molecule has 1 saturated heterocycles. The number of hydrogen-bond donors (Lipinski definition) is 4. The second-order valence-electron chi connectivity index (χ2n) is 6.98. The van der Waals surface area contributed by atoms with Gasteiger partial charge in [0.05, 0.1) is 7.11 Å². The summed E-state index contributed by atoms with van der Waals surface area (Å²) < 4.78 is 16.1. The molecule has 0 bridgehead atoms. The first-order chi connectivity index (χ1) is 13.8. The molecule has 1 aliphatic heterocycles. The number of hydrogen-bond acceptors (Lipinski definition) is 8. The fourth-order valence-electron chi connectivity index (χ4n) is 2.94. The molecule has 0 radical (unpaired) electrons. The standard InChI is InChI=1S/C20H29NO8/c1-12(22)5-3-4-10-28-20-18(25)17(24)16(23)15(29-20)11-21-19(26)13-6-8-14(27-2)9-7-13/h6-9,15-18,20,23-25H,3-5,10-11H2,1-2H3,(H,21,26)/t15?,16-,17+,18?,20-/m1/s1. The van der Waals surface area contributed by atoms with Crippen molar-refractivity contribution in [3.63, 3.8) is 0 Å². The summed E-state index contributed by atoms with van der Waals surface area (Å²) in [5.74, 6) is 0.323. The van der Waals surface area contributed by atoms with Gasteiger partial charge in [-0.05, 0) is 44.0 Å². The lowest BCUT2D eigenvalue weighted by Gasteiger charge is -2.40. The van der Waals surface area contributed by atoms with Gasteiger partial charge in [0.1, 0.15) is 35.9 Å². The van der Waals surface area contributed by atoms with Gasteiger partial charge in [-0.25, -0.2) is 0 Å².